The molecule has 1 amide bonds. The molecule has 0 aliphatic carbocycles. The van der Waals surface area contributed by atoms with E-state index < -0.39 is 0 Å². The van der Waals surface area contributed by atoms with E-state index in [1.165, 1.54) is 11.8 Å². The second kappa shape index (κ2) is 7.84. The number of nitrogens with one attached hydrogen (secondary N) is 1. The van der Waals surface area contributed by atoms with Crippen molar-refractivity contribution in [2.24, 2.45) is 0 Å². The number of nitrogens with zero attached hydrogens (tertiary/aromatic N) is 3. The summed E-state index contributed by atoms with van der Waals surface area (Å²) in [5.41, 5.74) is 0.792. The number of hydrogen-bond donors (Lipinski definition) is 1. The highest BCUT2D eigenvalue weighted by molar-refractivity contribution is 14.1. The van der Waals surface area contributed by atoms with Gasteiger partial charge in [0.2, 0.25) is 5.91 Å². The van der Waals surface area contributed by atoms with E-state index in [1.54, 1.807) is 6.26 Å². The van der Waals surface area contributed by atoms with E-state index >= 15 is 0 Å². The average Bonchev–Trinajstić information content (AvgIpc) is 3.21. The third-order valence-corrected chi connectivity index (χ3v) is 4.85. The fraction of sp³-hybridized carbons (Fsp3) is 0.188. The van der Waals surface area contributed by atoms with E-state index in [4.69, 9.17) is 4.42 Å². The van der Waals surface area contributed by atoms with E-state index in [9.17, 15) is 4.79 Å². The van der Waals surface area contributed by atoms with Crippen molar-refractivity contribution in [3.05, 3.63) is 46.2 Å². The monoisotopic (exact) mass is 454 g/mol. The highest BCUT2D eigenvalue weighted by atomic mass is 127. The van der Waals surface area contributed by atoms with Gasteiger partial charge in [-0.1, -0.05) is 17.8 Å². The SMILES string of the molecule is CCn1c(SCC(=O)Nc2cccc(I)c2)nnc1-c1ccco1. The number of aromatic nitrogens is 3. The van der Waals surface area contributed by atoms with Gasteiger partial charge < -0.3 is 9.73 Å². The summed E-state index contributed by atoms with van der Waals surface area (Å²) in [7, 11) is 0. The highest BCUT2D eigenvalue weighted by Crippen LogP contribution is 2.24. The molecule has 0 spiro atoms. The topological polar surface area (TPSA) is 73.0 Å². The Hall–Kier alpha value is -1.81. The van der Waals surface area contributed by atoms with Crippen LogP contribution in [0.15, 0.2) is 52.2 Å². The number of anilines is 1. The molecule has 8 heteroatoms. The summed E-state index contributed by atoms with van der Waals surface area (Å²) in [6.45, 7) is 2.70. The summed E-state index contributed by atoms with van der Waals surface area (Å²) in [6.07, 6.45) is 1.60. The van der Waals surface area contributed by atoms with Gasteiger partial charge >= 0.3 is 0 Å². The molecule has 0 atom stereocenters. The molecular formula is C16H15IN4O2S. The Morgan fingerprint density at radius 1 is 1.33 bits per heavy atom. The number of amides is 1. The van der Waals surface area contributed by atoms with Crippen molar-refractivity contribution in [3.8, 4) is 11.6 Å². The van der Waals surface area contributed by atoms with E-state index in [0.29, 0.717) is 23.3 Å². The normalized spacial score (nSPS) is 10.8. The van der Waals surface area contributed by atoms with Crippen LogP contribution < -0.4 is 5.32 Å². The lowest BCUT2D eigenvalue weighted by Gasteiger charge is -2.07. The molecule has 124 valence electrons. The van der Waals surface area contributed by atoms with Crippen LogP contribution in [0, 0.1) is 3.57 Å². The Balaban J connectivity index is 1.65. The Bertz CT molecular complexity index is 832. The molecule has 2 heterocycles. The molecule has 0 fully saturated rings. The molecule has 6 nitrogen and oxygen atoms in total. The van der Waals surface area contributed by atoms with Gasteiger partial charge in [-0.05, 0) is 59.8 Å². The second-order valence-electron chi connectivity index (χ2n) is 4.87. The quantitative estimate of drug-likeness (QED) is 0.452. The summed E-state index contributed by atoms with van der Waals surface area (Å²) in [5.74, 6) is 1.52. The van der Waals surface area contributed by atoms with Crippen molar-refractivity contribution in [1.29, 1.82) is 0 Å². The lowest BCUT2D eigenvalue weighted by molar-refractivity contribution is -0.113. The average molecular weight is 454 g/mol. The van der Waals surface area contributed by atoms with Gasteiger partial charge in [0.15, 0.2) is 16.7 Å². The van der Waals surface area contributed by atoms with Crippen LogP contribution in [0.2, 0.25) is 0 Å². The summed E-state index contributed by atoms with van der Waals surface area (Å²) >= 11 is 3.57. The van der Waals surface area contributed by atoms with Crippen molar-refractivity contribution in [1.82, 2.24) is 14.8 Å². The Kier molecular flexibility index (Phi) is 5.56. The first-order valence-corrected chi connectivity index (χ1v) is 9.39. The standard InChI is InChI=1S/C16H15IN4O2S/c1-2-21-15(13-7-4-8-23-13)19-20-16(21)24-10-14(22)18-12-6-3-5-11(17)9-12/h3-9H,2,10H2,1H3,(H,18,22). The lowest BCUT2D eigenvalue weighted by atomic mass is 10.3. The van der Waals surface area contributed by atoms with Crippen molar-refractivity contribution in [2.75, 3.05) is 11.1 Å². The van der Waals surface area contributed by atoms with Gasteiger partial charge in [-0.25, -0.2) is 0 Å². The van der Waals surface area contributed by atoms with Crippen LogP contribution in [-0.4, -0.2) is 26.4 Å². The van der Waals surface area contributed by atoms with Crippen LogP contribution in [-0.2, 0) is 11.3 Å². The third-order valence-electron chi connectivity index (χ3n) is 3.22. The number of furan rings is 1. The Labute approximate surface area is 157 Å². The molecule has 0 radical (unpaired) electrons. The lowest BCUT2D eigenvalue weighted by Crippen LogP contribution is -2.14. The third kappa shape index (κ3) is 3.99. The van der Waals surface area contributed by atoms with Crippen LogP contribution in [0.1, 0.15) is 6.92 Å². The zero-order chi connectivity index (χ0) is 16.9. The molecule has 3 aromatic rings. The first-order valence-electron chi connectivity index (χ1n) is 7.32. The van der Waals surface area contributed by atoms with Crippen LogP contribution in [0.4, 0.5) is 5.69 Å². The zero-order valence-corrected chi connectivity index (χ0v) is 15.9. The van der Waals surface area contributed by atoms with Crippen molar-refractivity contribution >= 4 is 45.9 Å². The Morgan fingerprint density at radius 3 is 2.92 bits per heavy atom. The first kappa shape index (κ1) is 17.0. The maximum atomic E-state index is 12.1. The Morgan fingerprint density at radius 2 is 2.21 bits per heavy atom. The van der Waals surface area contributed by atoms with Crippen LogP contribution in [0.25, 0.3) is 11.6 Å². The minimum Gasteiger partial charge on any atom is -0.461 e. The van der Waals surface area contributed by atoms with Gasteiger partial charge in [-0.3, -0.25) is 9.36 Å². The molecule has 1 aromatic carbocycles. The molecule has 0 aliphatic heterocycles. The maximum Gasteiger partial charge on any atom is 0.234 e. The summed E-state index contributed by atoms with van der Waals surface area (Å²) in [5, 5.41) is 11.9. The molecule has 0 bridgehead atoms. The van der Waals surface area contributed by atoms with Gasteiger partial charge in [0, 0.05) is 15.8 Å². The number of carbonyl (C=O) groups excluding carboxylic acids is 1. The largest absolute Gasteiger partial charge is 0.461 e. The number of rotatable bonds is 6. The molecule has 0 unspecified atom stereocenters. The number of thioether (sulfide) groups is 1. The summed E-state index contributed by atoms with van der Waals surface area (Å²) < 4.78 is 8.39. The van der Waals surface area contributed by atoms with Gasteiger partial charge in [0.25, 0.3) is 0 Å². The number of carbonyl (C=O) groups is 1. The summed E-state index contributed by atoms with van der Waals surface area (Å²) in [6, 6.07) is 11.3. The molecule has 2 aromatic heterocycles. The highest BCUT2D eigenvalue weighted by Gasteiger charge is 2.16. The predicted molar refractivity (Wildman–Crippen MR) is 102 cm³/mol. The van der Waals surface area contributed by atoms with Gasteiger partial charge in [-0.15, -0.1) is 10.2 Å². The van der Waals surface area contributed by atoms with Crippen LogP contribution in [0.5, 0.6) is 0 Å². The van der Waals surface area contributed by atoms with Gasteiger partial charge in [-0.2, -0.15) is 0 Å². The molecular weight excluding hydrogens is 439 g/mol. The molecule has 1 N–H and O–H groups in total. The molecule has 24 heavy (non-hydrogen) atoms. The second-order valence-corrected chi connectivity index (χ2v) is 7.06. The van der Waals surface area contributed by atoms with E-state index in [1.807, 2.05) is 47.9 Å². The van der Waals surface area contributed by atoms with Crippen molar-refractivity contribution < 1.29 is 9.21 Å². The number of hydrogen-bond acceptors (Lipinski definition) is 5. The minimum atomic E-state index is -0.0767. The van der Waals surface area contributed by atoms with E-state index in [0.717, 1.165) is 9.26 Å². The zero-order valence-electron chi connectivity index (χ0n) is 12.9. The van der Waals surface area contributed by atoms with E-state index in [2.05, 4.69) is 38.1 Å². The smallest absolute Gasteiger partial charge is 0.234 e. The van der Waals surface area contributed by atoms with Crippen LogP contribution in [0.3, 0.4) is 0 Å². The minimum absolute atomic E-state index is 0.0767. The first-order chi connectivity index (χ1) is 11.7. The molecule has 3 rings (SSSR count). The molecule has 0 saturated heterocycles. The fourth-order valence-corrected chi connectivity index (χ4v) is 3.51. The number of halogens is 1. The predicted octanol–water partition coefficient (Wildman–Crippen LogP) is 3.89. The van der Waals surface area contributed by atoms with E-state index in [-0.39, 0.29) is 11.7 Å². The van der Waals surface area contributed by atoms with Crippen molar-refractivity contribution in [2.45, 2.75) is 18.6 Å². The molecule has 0 saturated carbocycles. The van der Waals surface area contributed by atoms with Gasteiger partial charge in [0.1, 0.15) is 0 Å². The van der Waals surface area contributed by atoms with Crippen LogP contribution >= 0.6 is 34.4 Å². The van der Waals surface area contributed by atoms with Gasteiger partial charge in [0.05, 0.1) is 12.0 Å². The number of benzene rings is 1. The fourth-order valence-electron chi connectivity index (χ4n) is 2.16. The van der Waals surface area contributed by atoms with Crippen molar-refractivity contribution in [3.63, 3.8) is 0 Å². The molecule has 0 aliphatic rings. The summed E-state index contributed by atoms with van der Waals surface area (Å²) in [4.78, 5) is 12.1. The maximum absolute atomic E-state index is 12.1.